The van der Waals surface area contributed by atoms with Crippen molar-refractivity contribution in [3.63, 3.8) is 0 Å². The maximum atomic E-state index is 12.1. The van der Waals surface area contributed by atoms with E-state index in [0.717, 1.165) is 21.9 Å². The summed E-state index contributed by atoms with van der Waals surface area (Å²) in [4.78, 5) is 16.2. The molecule has 0 aliphatic heterocycles. The number of fused-ring (bicyclic) bond motifs is 1. The van der Waals surface area contributed by atoms with Crippen LogP contribution in [0, 0.1) is 0 Å². The number of pyridine rings is 1. The normalized spacial score (nSPS) is 10.8. The monoisotopic (exact) mass is 389 g/mol. The number of halogens is 1. The fraction of sp³-hybridized carbons (Fsp3) is 0.0909. The zero-order chi connectivity index (χ0) is 19.5. The Morgan fingerprint density at radius 1 is 1.00 bits per heavy atom. The van der Waals surface area contributed by atoms with Crippen LogP contribution in [0.25, 0.3) is 33.2 Å². The van der Waals surface area contributed by atoms with Gasteiger partial charge in [0, 0.05) is 28.7 Å². The van der Waals surface area contributed by atoms with Gasteiger partial charge >= 0.3 is 5.97 Å². The predicted molar refractivity (Wildman–Crippen MR) is 109 cm³/mol. The molecule has 0 atom stereocenters. The van der Waals surface area contributed by atoms with Crippen molar-refractivity contribution >= 4 is 28.3 Å². The molecule has 28 heavy (non-hydrogen) atoms. The third-order valence-electron chi connectivity index (χ3n) is 4.37. The number of nitrogens with zero attached hydrogens (tertiary/aromatic N) is 3. The van der Waals surface area contributed by atoms with Gasteiger partial charge in [-0.25, -0.2) is 4.79 Å². The zero-order valence-corrected chi connectivity index (χ0v) is 15.8. The molecule has 0 aliphatic rings. The number of ether oxygens (including phenoxy) is 1. The molecule has 0 unspecified atom stereocenters. The fourth-order valence-corrected chi connectivity index (χ4v) is 3.38. The average Bonchev–Trinajstić information content (AvgIpc) is 2.74. The molecule has 2 heterocycles. The van der Waals surface area contributed by atoms with Crippen LogP contribution >= 0.6 is 11.6 Å². The standard InChI is InChI=1S/C22H16ClN3O2/c1-2-28-22(27)16-11-15(12-24-13-16)20-18-10-6-9-17(14-7-4-3-5-8-14)19(18)21(23)26-25-20/h3-13H,2H2,1H3. The highest BCUT2D eigenvalue weighted by Crippen LogP contribution is 2.36. The lowest BCUT2D eigenvalue weighted by atomic mass is 9.97. The highest BCUT2D eigenvalue weighted by molar-refractivity contribution is 6.35. The van der Waals surface area contributed by atoms with Crippen LogP contribution in [0.15, 0.2) is 67.0 Å². The molecular weight excluding hydrogens is 374 g/mol. The van der Waals surface area contributed by atoms with E-state index in [4.69, 9.17) is 16.3 Å². The highest BCUT2D eigenvalue weighted by atomic mass is 35.5. The van der Waals surface area contributed by atoms with E-state index < -0.39 is 5.97 Å². The lowest BCUT2D eigenvalue weighted by Gasteiger charge is -2.11. The van der Waals surface area contributed by atoms with Gasteiger partial charge in [-0.2, -0.15) is 0 Å². The van der Waals surface area contributed by atoms with Crippen molar-refractivity contribution < 1.29 is 9.53 Å². The molecule has 0 saturated carbocycles. The quantitative estimate of drug-likeness (QED) is 0.449. The second-order valence-electron chi connectivity index (χ2n) is 6.12. The molecule has 0 saturated heterocycles. The Balaban J connectivity index is 1.92. The SMILES string of the molecule is CCOC(=O)c1cncc(-c2nnc(Cl)c3c(-c4ccccc4)cccc23)c1. The van der Waals surface area contributed by atoms with Crippen LogP contribution < -0.4 is 0 Å². The fourth-order valence-electron chi connectivity index (χ4n) is 3.14. The van der Waals surface area contributed by atoms with Crippen LogP contribution in [0.3, 0.4) is 0 Å². The van der Waals surface area contributed by atoms with E-state index in [9.17, 15) is 4.79 Å². The van der Waals surface area contributed by atoms with Gasteiger partial charge in [0.1, 0.15) is 5.69 Å². The Morgan fingerprint density at radius 3 is 2.61 bits per heavy atom. The minimum absolute atomic E-state index is 0.299. The average molecular weight is 390 g/mol. The summed E-state index contributed by atoms with van der Waals surface area (Å²) in [5.74, 6) is -0.423. The number of carbonyl (C=O) groups is 1. The van der Waals surface area contributed by atoms with Gasteiger partial charge in [0.05, 0.1) is 12.2 Å². The first-order valence-electron chi connectivity index (χ1n) is 8.82. The first-order valence-corrected chi connectivity index (χ1v) is 9.19. The molecule has 0 aliphatic carbocycles. The van der Waals surface area contributed by atoms with Crippen molar-refractivity contribution in [2.45, 2.75) is 6.92 Å². The summed E-state index contributed by atoms with van der Waals surface area (Å²) in [5.41, 5.74) is 3.64. The van der Waals surface area contributed by atoms with Crippen LogP contribution in [0.4, 0.5) is 0 Å². The number of carbonyl (C=O) groups excluding carboxylic acids is 1. The van der Waals surface area contributed by atoms with Crippen molar-refractivity contribution in [3.8, 4) is 22.4 Å². The summed E-state index contributed by atoms with van der Waals surface area (Å²) in [7, 11) is 0. The zero-order valence-electron chi connectivity index (χ0n) is 15.1. The molecule has 2 aromatic heterocycles. The molecule has 0 amide bonds. The van der Waals surface area contributed by atoms with Gasteiger partial charge in [-0.3, -0.25) is 4.98 Å². The van der Waals surface area contributed by atoms with Gasteiger partial charge in [0.2, 0.25) is 0 Å². The topological polar surface area (TPSA) is 65.0 Å². The van der Waals surface area contributed by atoms with Crippen molar-refractivity contribution in [2.24, 2.45) is 0 Å². The lowest BCUT2D eigenvalue weighted by Crippen LogP contribution is -2.05. The molecule has 6 heteroatoms. The molecule has 4 aromatic rings. The molecule has 0 spiro atoms. The van der Waals surface area contributed by atoms with Crippen LogP contribution in [0.2, 0.25) is 5.15 Å². The molecule has 0 bridgehead atoms. The van der Waals surface area contributed by atoms with Gasteiger partial charge in [0.15, 0.2) is 5.15 Å². The Labute approximate surface area is 167 Å². The maximum Gasteiger partial charge on any atom is 0.339 e. The molecule has 2 aromatic carbocycles. The number of benzene rings is 2. The minimum Gasteiger partial charge on any atom is -0.462 e. The first-order chi connectivity index (χ1) is 13.7. The van der Waals surface area contributed by atoms with Crippen LogP contribution in [-0.4, -0.2) is 27.8 Å². The Bertz CT molecular complexity index is 1160. The van der Waals surface area contributed by atoms with E-state index in [-0.39, 0.29) is 0 Å². The maximum absolute atomic E-state index is 12.1. The second-order valence-corrected chi connectivity index (χ2v) is 6.47. The van der Waals surface area contributed by atoms with E-state index in [1.54, 1.807) is 19.2 Å². The summed E-state index contributed by atoms with van der Waals surface area (Å²) in [6, 6.07) is 17.6. The van der Waals surface area contributed by atoms with Gasteiger partial charge in [-0.1, -0.05) is 60.1 Å². The molecule has 0 N–H and O–H groups in total. The summed E-state index contributed by atoms with van der Waals surface area (Å²) < 4.78 is 5.07. The van der Waals surface area contributed by atoms with Gasteiger partial charge in [-0.15, -0.1) is 10.2 Å². The number of aromatic nitrogens is 3. The van der Waals surface area contributed by atoms with E-state index in [2.05, 4.69) is 15.2 Å². The molecule has 4 rings (SSSR count). The molecular formula is C22H16ClN3O2. The summed E-state index contributed by atoms with van der Waals surface area (Å²) in [5, 5.41) is 10.4. The smallest absolute Gasteiger partial charge is 0.339 e. The lowest BCUT2D eigenvalue weighted by molar-refractivity contribution is 0.0526. The van der Waals surface area contributed by atoms with E-state index in [1.807, 2.05) is 48.5 Å². The molecule has 0 radical (unpaired) electrons. The number of hydrogen-bond acceptors (Lipinski definition) is 5. The third-order valence-corrected chi connectivity index (χ3v) is 4.64. The van der Waals surface area contributed by atoms with Gasteiger partial charge < -0.3 is 4.74 Å². The van der Waals surface area contributed by atoms with Crippen LogP contribution in [0.1, 0.15) is 17.3 Å². The Kier molecular flexibility index (Phi) is 5.00. The largest absolute Gasteiger partial charge is 0.462 e. The summed E-state index contributed by atoms with van der Waals surface area (Å²) >= 11 is 6.43. The van der Waals surface area contributed by atoms with Crippen LogP contribution in [-0.2, 0) is 4.74 Å². The second kappa shape index (κ2) is 7.74. The van der Waals surface area contributed by atoms with E-state index >= 15 is 0 Å². The van der Waals surface area contributed by atoms with Gasteiger partial charge in [-0.05, 0) is 24.1 Å². The van der Waals surface area contributed by atoms with Crippen molar-refractivity contribution in [3.05, 3.63) is 77.7 Å². The van der Waals surface area contributed by atoms with Crippen molar-refractivity contribution in [1.29, 1.82) is 0 Å². The number of hydrogen-bond donors (Lipinski definition) is 0. The highest BCUT2D eigenvalue weighted by Gasteiger charge is 2.16. The molecule has 138 valence electrons. The van der Waals surface area contributed by atoms with E-state index in [1.165, 1.54) is 6.20 Å². The number of rotatable bonds is 4. The summed E-state index contributed by atoms with van der Waals surface area (Å²) in [6.07, 6.45) is 3.12. The number of esters is 1. The Hall–Kier alpha value is -3.31. The third kappa shape index (κ3) is 3.32. The van der Waals surface area contributed by atoms with Gasteiger partial charge in [0.25, 0.3) is 0 Å². The molecule has 5 nitrogen and oxygen atoms in total. The Morgan fingerprint density at radius 2 is 1.82 bits per heavy atom. The minimum atomic E-state index is -0.423. The summed E-state index contributed by atoms with van der Waals surface area (Å²) in [6.45, 7) is 2.06. The molecule has 0 fully saturated rings. The van der Waals surface area contributed by atoms with Crippen LogP contribution in [0.5, 0.6) is 0 Å². The van der Waals surface area contributed by atoms with Crippen molar-refractivity contribution in [2.75, 3.05) is 6.61 Å². The van der Waals surface area contributed by atoms with Crippen molar-refractivity contribution in [1.82, 2.24) is 15.2 Å². The first kappa shape index (κ1) is 18.1. The predicted octanol–water partition coefficient (Wildman–Crippen LogP) is 5.19. The van der Waals surface area contributed by atoms with E-state index in [0.29, 0.717) is 28.6 Å².